The van der Waals surface area contributed by atoms with Crippen molar-refractivity contribution < 1.29 is 14.7 Å². The van der Waals surface area contributed by atoms with Crippen molar-refractivity contribution >= 4 is 11.9 Å². The lowest BCUT2D eigenvalue weighted by atomic mass is 10.0. The molecular formula is C13H18N2O3. The molecule has 1 aromatic carbocycles. The Morgan fingerprint density at radius 1 is 1.33 bits per heavy atom. The highest BCUT2D eigenvalue weighted by Gasteiger charge is 2.17. The summed E-state index contributed by atoms with van der Waals surface area (Å²) in [4.78, 5) is 21.9. The van der Waals surface area contributed by atoms with Gasteiger partial charge >= 0.3 is 5.97 Å². The molecule has 0 spiro atoms. The van der Waals surface area contributed by atoms with Gasteiger partial charge in [-0.05, 0) is 11.5 Å². The van der Waals surface area contributed by atoms with Gasteiger partial charge < -0.3 is 16.2 Å². The summed E-state index contributed by atoms with van der Waals surface area (Å²) < 4.78 is 0. The summed E-state index contributed by atoms with van der Waals surface area (Å²) in [6, 6.07) is 8.76. The minimum absolute atomic E-state index is 0.159. The molecule has 0 bridgehead atoms. The molecule has 5 nitrogen and oxygen atoms in total. The predicted molar refractivity (Wildman–Crippen MR) is 68.1 cm³/mol. The van der Waals surface area contributed by atoms with E-state index < -0.39 is 17.9 Å². The van der Waals surface area contributed by atoms with Crippen molar-refractivity contribution in [1.29, 1.82) is 0 Å². The van der Waals surface area contributed by atoms with Gasteiger partial charge in [0.05, 0.1) is 12.5 Å². The van der Waals surface area contributed by atoms with Crippen molar-refractivity contribution in [3.05, 3.63) is 35.9 Å². The zero-order chi connectivity index (χ0) is 13.5. The van der Waals surface area contributed by atoms with Crippen LogP contribution in [0.1, 0.15) is 24.8 Å². The molecule has 4 N–H and O–H groups in total. The van der Waals surface area contributed by atoms with E-state index in [9.17, 15) is 9.59 Å². The number of nitrogens with one attached hydrogen (secondary N) is 1. The molecule has 0 saturated heterocycles. The van der Waals surface area contributed by atoms with E-state index in [0.29, 0.717) is 6.54 Å². The van der Waals surface area contributed by atoms with Crippen molar-refractivity contribution in [1.82, 2.24) is 5.32 Å². The molecule has 0 saturated carbocycles. The zero-order valence-corrected chi connectivity index (χ0v) is 10.3. The maximum Gasteiger partial charge on any atom is 0.305 e. The molecule has 0 aliphatic rings. The van der Waals surface area contributed by atoms with Gasteiger partial charge in [-0.3, -0.25) is 9.59 Å². The van der Waals surface area contributed by atoms with E-state index >= 15 is 0 Å². The third-order valence-corrected chi connectivity index (χ3v) is 2.68. The SMILES string of the molecule is C[C@@H](CNC(=O)[C@H](N)CC(=O)O)c1ccccc1. The minimum Gasteiger partial charge on any atom is -0.481 e. The number of amides is 1. The second-order valence-electron chi connectivity index (χ2n) is 4.26. The summed E-state index contributed by atoms with van der Waals surface area (Å²) in [7, 11) is 0. The number of carbonyl (C=O) groups is 2. The first kappa shape index (κ1) is 14.2. The van der Waals surface area contributed by atoms with E-state index in [1.165, 1.54) is 0 Å². The second-order valence-corrected chi connectivity index (χ2v) is 4.26. The normalized spacial score (nSPS) is 13.7. The van der Waals surface area contributed by atoms with E-state index in [1.54, 1.807) is 0 Å². The molecule has 98 valence electrons. The van der Waals surface area contributed by atoms with Crippen LogP contribution in [0.5, 0.6) is 0 Å². The molecule has 0 unspecified atom stereocenters. The topological polar surface area (TPSA) is 92.4 Å². The van der Waals surface area contributed by atoms with Crippen LogP contribution in [0.25, 0.3) is 0 Å². The Kier molecular flexibility index (Phi) is 5.32. The Labute approximate surface area is 106 Å². The first-order chi connectivity index (χ1) is 8.50. The molecule has 5 heteroatoms. The standard InChI is InChI=1S/C13H18N2O3/c1-9(10-5-3-2-4-6-10)8-15-13(18)11(14)7-12(16)17/h2-6,9,11H,7-8,14H2,1H3,(H,15,18)(H,16,17)/t9-,11+/m0/s1. The fourth-order valence-corrected chi connectivity index (χ4v) is 1.57. The van der Waals surface area contributed by atoms with Crippen LogP contribution >= 0.6 is 0 Å². The van der Waals surface area contributed by atoms with E-state index in [-0.39, 0.29) is 12.3 Å². The molecule has 1 rings (SSSR count). The fraction of sp³-hybridized carbons (Fsp3) is 0.385. The summed E-state index contributed by atoms with van der Waals surface area (Å²) in [5, 5.41) is 11.2. The number of carboxylic acid groups (broad SMARTS) is 1. The van der Waals surface area contributed by atoms with Gasteiger partial charge in [0.25, 0.3) is 0 Å². The zero-order valence-electron chi connectivity index (χ0n) is 10.3. The van der Waals surface area contributed by atoms with Gasteiger partial charge in [-0.15, -0.1) is 0 Å². The summed E-state index contributed by atoms with van der Waals surface area (Å²) >= 11 is 0. The summed E-state index contributed by atoms with van der Waals surface area (Å²) in [6.07, 6.45) is -0.356. The van der Waals surface area contributed by atoms with Gasteiger partial charge in [-0.25, -0.2) is 0 Å². The van der Waals surface area contributed by atoms with E-state index in [1.807, 2.05) is 37.3 Å². The van der Waals surface area contributed by atoms with Crippen LogP contribution in [-0.2, 0) is 9.59 Å². The Morgan fingerprint density at radius 3 is 2.50 bits per heavy atom. The summed E-state index contributed by atoms with van der Waals surface area (Å²) in [5.41, 5.74) is 6.57. The number of nitrogens with two attached hydrogens (primary N) is 1. The van der Waals surface area contributed by atoms with Gasteiger partial charge in [0.1, 0.15) is 0 Å². The number of carbonyl (C=O) groups excluding carboxylic acids is 1. The molecule has 0 aliphatic carbocycles. The first-order valence-electron chi connectivity index (χ1n) is 5.80. The van der Waals surface area contributed by atoms with Crippen LogP contribution < -0.4 is 11.1 Å². The Morgan fingerprint density at radius 2 is 1.94 bits per heavy atom. The smallest absolute Gasteiger partial charge is 0.305 e. The van der Waals surface area contributed by atoms with Crippen LogP contribution in [0.15, 0.2) is 30.3 Å². The lowest BCUT2D eigenvalue weighted by molar-refractivity contribution is -0.139. The molecule has 0 aromatic heterocycles. The molecule has 1 aromatic rings. The third-order valence-electron chi connectivity index (χ3n) is 2.68. The van der Waals surface area contributed by atoms with E-state index in [2.05, 4.69) is 5.32 Å². The van der Waals surface area contributed by atoms with E-state index in [4.69, 9.17) is 10.8 Å². The summed E-state index contributed by atoms with van der Waals surface area (Å²) in [5.74, 6) is -1.35. The largest absolute Gasteiger partial charge is 0.481 e. The van der Waals surface area contributed by atoms with Crippen LogP contribution in [0.3, 0.4) is 0 Å². The molecule has 0 radical (unpaired) electrons. The number of hydrogen-bond acceptors (Lipinski definition) is 3. The molecule has 1 amide bonds. The Balaban J connectivity index is 2.41. The van der Waals surface area contributed by atoms with Crippen molar-refractivity contribution in [2.45, 2.75) is 25.3 Å². The van der Waals surface area contributed by atoms with E-state index in [0.717, 1.165) is 5.56 Å². The lowest BCUT2D eigenvalue weighted by Crippen LogP contribution is -2.43. The third kappa shape index (κ3) is 4.55. The quantitative estimate of drug-likeness (QED) is 0.693. The number of aliphatic carboxylic acids is 1. The van der Waals surface area contributed by atoms with Gasteiger partial charge in [-0.1, -0.05) is 37.3 Å². The molecular weight excluding hydrogens is 232 g/mol. The average Bonchev–Trinajstić information content (AvgIpc) is 2.35. The van der Waals surface area contributed by atoms with Gasteiger partial charge in [0.15, 0.2) is 0 Å². The van der Waals surface area contributed by atoms with Crippen molar-refractivity contribution in [2.24, 2.45) is 5.73 Å². The highest BCUT2D eigenvalue weighted by molar-refractivity contribution is 5.85. The Bertz CT molecular complexity index is 406. The second kappa shape index (κ2) is 6.76. The number of rotatable bonds is 6. The predicted octanol–water partition coefficient (Wildman–Crippen LogP) is 0.708. The van der Waals surface area contributed by atoms with Gasteiger partial charge in [-0.2, -0.15) is 0 Å². The minimum atomic E-state index is -1.08. The van der Waals surface area contributed by atoms with Crippen LogP contribution in [0.4, 0.5) is 0 Å². The maximum atomic E-state index is 11.5. The van der Waals surface area contributed by atoms with Gasteiger partial charge in [0, 0.05) is 6.54 Å². The van der Waals surface area contributed by atoms with Crippen molar-refractivity contribution in [3.8, 4) is 0 Å². The number of hydrogen-bond donors (Lipinski definition) is 3. The monoisotopic (exact) mass is 250 g/mol. The summed E-state index contributed by atoms with van der Waals surface area (Å²) in [6.45, 7) is 2.43. The number of carboxylic acids is 1. The highest BCUT2D eigenvalue weighted by atomic mass is 16.4. The van der Waals surface area contributed by atoms with Crippen molar-refractivity contribution in [3.63, 3.8) is 0 Å². The fourth-order valence-electron chi connectivity index (χ4n) is 1.57. The van der Waals surface area contributed by atoms with Crippen LogP contribution in [0.2, 0.25) is 0 Å². The van der Waals surface area contributed by atoms with Gasteiger partial charge in [0.2, 0.25) is 5.91 Å². The lowest BCUT2D eigenvalue weighted by Gasteiger charge is -2.15. The average molecular weight is 250 g/mol. The Hall–Kier alpha value is -1.88. The van der Waals surface area contributed by atoms with Crippen molar-refractivity contribution in [2.75, 3.05) is 6.54 Å². The first-order valence-corrected chi connectivity index (χ1v) is 5.80. The number of benzene rings is 1. The molecule has 0 fully saturated rings. The molecule has 18 heavy (non-hydrogen) atoms. The molecule has 0 heterocycles. The molecule has 0 aliphatic heterocycles. The highest BCUT2D eigenvalue weighted by Crippen LogP contribution is 2.12. The van der Waals surface area contributed by atoms with Crippen LogP contribution in [-0.4, -0.2) is 29.6 Å². The molecule has 2 atom stereocenters. The maximum absolute atomic E-state index is 11.5. The van der Waals surface area contributed by atoms with Crippen LogP contribution in [0, 0.1) is 0 Å².